The van der Waals surface area contributed by atoms with Crippen molar-refractivity contribution < 1.29 is 14.6 Å². The standard InChI is InChI=1S/C14H19N3O3S/c1-3-15-11(13(18)19)6-7-21-14-16-10-5-4-9(20-2)8-12(10)17-14/h4-5,8,11,15H,3,6-7H2,1-2H3,(H,16,17)(H,18,19). The van der Waals surface area contributed by atoms with E-state index in [-0.39, 0.29) is 0 Å². The number of aliphatic carboxylic acids is 1. The molecule has 0 fully saturated rings. The van der Waals surface area contributed by atoms with Gasteiger partial charge in [0.1, 0.15) is 11.8 Å². The van der Waals surface area contributed by atoms with Gasteiger partial charge in [0.05, 0.1) is 18.1 Å². The number of aromatic amines is 1. The van der Waals surface area contributed by atoms with Crippen molar-refractivity contribution >= 4 is 28.8 Å². The van der Waals surface area contributed by atoms with Crippen LogP contribution in [0.3, 0.4) is 0 Å². The molecule has 1 heterocycles. The topological polar surface area (TPSA) is 87.2 Å². The van der Waals surface area contributed by atoms with Crippen molar-refractivity contribution in [2.24, 2.45) is 0 Å². The van der Waals surface area contributed by atoms with Crippen molar-refractivity contribution in [3.05, 3.63) is 18.2 Å². The number of methoxy groups -OCH3 is 1. The van der Waals surface area contributed by atoms with Crippen LogP contribution in [0, 0.1) is 0 Å². The predicted molar refractivity (Wildman–Crippen MR) is 83.1 cm³/mol. The number of fused-ring (bicyclic) bond motifs is 1. The Morgan fingerprint density at radius 3 is 3.05 bits per heavy atom. The number of hydrogen-bond donors (Lipinski definition) is 3. The number of carbonyl (C=O) groups is 1. The Labute approximate surface area is 127 Å². The van der Waals surface area contributed by atoms with E-state index in [4.69, 9.17) is 9.84 Å². The number of thioether (sulfide) groups is 1. The molecule has 1 aromatic heterocycles. The minimum Gasteiger partial charge on any atom is -0.497 e. The highest BCUT2D eigenvalue weighted by Gasteiger charge is 2.15. The van der Waals surface area contributed by atoms with Crippen LogP contribution in [0.2, 0.25) is 0 Å². The van der Waals surface area contributed by atoms with Gasteiger partial charge in [-0.25, -0.2) is 4.98 Å². The first-order chi connectivity index (χ1) is 10.1. The second-order valence-electron chi connectivity index (χ2n) is 4.51. The van der Waals surface area contributed by atoms with E-state index in [9.17, 15) is 4.79 Å². The van der Waals surface area contributed by atoms with E-state index in [1.165, 1.54) is 11.8 Å². The fraction of sp³-hybridized carbons (Fsp3) is 0.429. The van der Waals surface area contributed by atoms with E-state index in [2.05, 4.69) is 15.3 Å². The van der Waals surface area contributed by atoms with Crippen molar-refractivity contribution in [2.75, 3.05) is 19.4 Å². The maximum atomic E-state index is 11.0. The van der Waals surface area contributed by atoms with Gasteiger partial charge in [-0.2, -0.15) is 0 Å². The predicted octanol–water partition coefficient (Wildman–Crippen LogP) is 2.12. The van der Waals surface area contributed by atoms with Crippen molar-refractivity contribution in [3.8, 4) is 5.75 Å². The van der Waals surface area contributed by atoms with Crippen LogP contribution in [-0.4, -0.2) is 46.5 Å². The molecule has 0 aliphatic rings. The zero-order chi connectivity index (χ0) is 15.2. The second-order valence-corrected chi connectivity index (χ2v) is 5.59. The number of rotatable bonds is 8. The molecule has 0 saturated heterocycles. The average molecular weight is 309 g/mol. The van der Waals surface area contributed by atoms with Gasteiger partial charge in [-0.3, -0.25) is 4.79 Å². The largest absolute Gasteiger partial charge is 0.497 e. The summed E-state index contributed by atoms with van der Waals surface area (Å²) >= 11 is 1.52. The summed E-state index contributed by atoms with van der Waals surface area (Å²) in [4.78, 5) is 18.7. The molecule has 3 N–H and O–H groups in total. The molecular weight excluding hydrogens is 290 g/mol. The summed E-state index contributed by atoms with van der Waals surface area (Å²) < 4.78 is 5.17. The molecule has 0 amide bonds. The number of nitrogens with zero attached hydrogens (tertiary/aromatic N) is 1. The zero-order valence-electron chi connectivity index (χ0n) is 12.0. The van der Waals surface area contributed by atoms with Gasteiger partial charge in [0.15, 0.2) is 5.16 Å². The number of carboxylic acid groups (broad SMARTS) is 1. The summed E-state index contributed by atoms with van der Waals surface area (Å²) in [6.07, 6.45) is 0.550. The second kappa shape index (κ2) is 7.33. The molecule has 0 bridgehead atoms. The Morgan fingerprint density at radius 1 is 1.57 bits per heavy atom. The molecule has 7 heteroatoms. The van der Waals surface area contributed by atoms with Gasteiger partial charge in [0, 0.05) is 11.8 Å². The molecule has 0 saturated carbocycles. The van der Waals surface area contributed by atoms with E-state index >= 15 is 0 Å². The molecule has 0 aliphatic carbocycles. The maximum Gasteiger partial charge on any atom is 0.320 e. The highest BCUT2D eigenvalue weighted by atomic mass is 32.2. The normalized spacial score (nSPS) is 12.5. The maximum absolute atomic E-state index is 11.0. The number of imidazole rings is 1. The number of nitrogens with one attached hydrogen (secondary N) is 2. The lowest BCUT2D eigenvalue weighted by molar-refractivity contribution is -0.139. The van der Waals surface area contributed by atoms with E-state index in [0.717, 1.165) is 21.9 Å². The number of H-pyrrole nitrogens is 1. The van der Waals surface area contributed by atoms with E-state index in [1.54, 1.807) is 7.11 Å². The Balaban J connectivity index is 1.95. The Kier molecular flexibility index (Phi) is 5.46. The lowest BCUT2D eigenvalue weighted by Crippen LogP contribution is -2.36. The van der Waals surface area contributed by atoms with Crippen LogP contribution in [0.5, 0.6) is 5.75 Å². The highest BCUT2D eigenvalue weighted by molar-refractivity contribution is 7.99. The smallest absolute Gasteiger partial charge is 0.320 e. The average Bonchev–Trinajstić information content (AvgIpc) is 2.87. The number of ether oxygens (including phenoxy) is 1. The molecule has 6 nitrogen and oxygen atoms in total. The third-order valence-corrected chi connectivity index (χ3v) is 3.97. The molecule has 2 rings (SSSR count). The van der Waals surface area contributed by atoms with Gasteiger partial charge in [-0.15, -0.1) is 0 Å². The first-order valence-corrected chi connectivity index (χ1v) is 7.75. The van der Waals surface area contributed by atoms with Gasteiger partial charge in [0.2, 0.25) is 0 Å². The van der Waals surface area contributed by atoms with Gasteiger partial charge >= 0.3 is 5.97 Å². The first kappa shape index (κ1) is 15.7. The van der Waals surface area contributed by atoms with E-state index in [0.29, 0.717) is 18.7 Å². The molecule has 0 aliphatic heterocycles. The molecule has 1 aromatic carbocycles. The van der Waals surface area contributed by atoms with Crippen molar-refractivity contribution in [2.45, 2.75) is 24.5 Å². The molecular formula is C14H19N3O3S. The van der Waals surface area contributed by atoms with Gasteiger partial charge < -0.3 is 20.1 Å². The molecule has 1 unspecified atom stereocenters. The van der Waals surface area contributed by atoms with Gasteiger partial charge in [-0.05, 0) is 25.1 Å². The third kappa shape index (κ3) is 4.12. The number of hydrogen-bond acceptors (Lipinski definition) is 5. The number of benzene rings is 1. The zero-order valence-corrected chi connectivity index (χ0v) is 12.9. The van der Waals surface area contributed by atoms with Crippen LogP contribution in [0.25, 0.3) is 11.0 Å². The third-order valence-electron chi connectivity index (χ3n) is 3.06. The van der Waals surface area contributed by atoms with Crippen LogP contribution in [-0.2, 0) is 4.79 Å². The summed E-state index contributed by atoms with van der Waals surface area (Å²) in [6, 6.07) is 5.15. The molecule has 0 radical (unpaired) electrons. The quantitative estimate of drug-likeness (QED) is 0.647. The molecule has 114 valence electrons. The lowest BCUT2D eigenvalue weighted by Gasteiger charge is -2.11. The molecule has 0 spiro atoms. The van der Waals surface area contributed by atoms with Crippen molar-refractivity contribution in [1.82, 2.24) is 15.3 Å². The molecule has 2 aromatic rings. The van der Waals surface area contributed by atoms with Crippen LogP contribution in [0.4, 0.5) is 0 Å². The Morgan fingerprint density at radius 2 is 2.38 bits per heavy atom. The molecule has 21 heavy (non-hydrogen) atoms. The van der Waals surface area contributed by atoms with E-state index < -0.39 is 12.0 Å². The van der Waals surface area contributed by atoms with Crippen molar-refractivity contribution in [1.29, 1.82) is 0 Å². The monoisotopic (exact) mass is 309 g/mol. The summed E-state index contributed by atoms with van der Waals surface area (Å²) in [5.74, 6) is 0.647. The van der Waals surface area contributed by atoms with Crippen LogP contribution in [0.1, 0.15) is 13.3 Å². The van der Waals surface area contributed by atoms with Crippen LogP contribution < -0.4 is 10.1 Å². The minimum absolute atomic E-state index is 0.507. The number of likely N-dealkylation sites (N-methyl/N-ethyl adjacent to an activating group) is 1. The van der Waals surface area contributed by atoms with E-state index in [1.807, 2.05) is 25.1 Å². The van der Waals surface area contributed by atoms with Gasteiger partial charge in [0.25, 0.3) is 0 Å². The summed E-state index contributed by atoms with van der Waals surface area (Å²) in [5.41, 5.74) is 1.79. The number of carboxylic acids is 1. The van der Waals surface area contributed by atoms with Crippen LogP contribution >= 0.6 is 11.8 Å². The Bertz CT molecular complexity index is 615. The summed E-state index contributed by atoms with van der Waals surface area (Å²) in [6.45, 7) is 2.54. The SMILES string of the molecule is CCNC(CCSc1nc2ccc(OC)cc2[nH]1)C(=O)O. The molecule has 1 atom stereocenters. The van der Waals surface area contributed by atoms with Crippen molar-refractivity contribution in [3.63, 3.8) is 0 Å². The minimum atomic E-state index is -0.813. The fourth-order valence-electron chi connectivity index (χ4n) is 1.99. The summed E-state index contributed by atoms with van der Waals surface area (Å²) in [5, 5.41) is 12.8. The number of aromatic nitrogens is 2. The van der Waals surface area contributed by atoms with Crippen LogP contribution in [0.15, 0.2) is 23.4 Å². The Hall–Kier alpha value is -1.73. The first-order valence-electron chi connectivity index (χ1n) is 6.76. The summed E-state index contributed by atoms with van der Waals surface area (Å²) in [7, 11) is 1.62. The van der Waals surface area contributed by atoms with Gasteiger partial charge in [-0.1, -0.05) is 18.7 Å². The lowest BCUT2D eigenvalue weighted by atomic mass is 10.2. The highest BCUT2D eigenvalue weighted by Crippen LogP contribution is 2.23. The fourth-order valence-corrected chi connectivity index (χ4v) is 2.89.